The second kappa shape index (κ2) is 8.78. The Bertz CT molecular complexity index is 582. The monoisotopic (exact) mass is 342 g/mol. The molecule has 2 N–H and O–H groups in total. The minimum Gasteiger partial charge on any atom is -0.349 e. The first-order chi connectivity index (χ1) is 9.84. The van der Waals surface area contributed by atoms with Gasteiger partial charge in [-0.1, -0.05) is 18.2 Å². The number of imidazole rings is 1. The Hall–Kier alpha value is -1.56. The molecule has 0 aliphatic carbocycles. The molecule has 1 saturated heterocycles. The predicted octanol–water partition coefficient (Wildman–Crippen LogP) is 2.20. The van der Waals surface area contributed by atoms with Gasteiger partial charge < -0.3 is 10.6 Å². The highest BCUT2D eigenvalue weighted by molar-refractivity contribution is 5.93. The highest BCUT2D eigenvalue weighted by Crippen LogP contribution is 2.11. The van der Waals surface area contributed by atoms with Crippen molar-refractivity contribution in [3.05, 3.63) is 48.5 Å². The molecule has 0 bridgehead atoms. The van der Waals surface area contributed by atoms with Crippen molar-refractivity contribution in [2.24, 2.45) is 0 Å². The third kappa shape index (κ3) is 4.22. The number of rotatable bonds is 4. The van der Waals surface area contributed by atoms with Gasteiger partial charge in [0.2, 0.25) is 0 Å². The standard InChI is InChI=1S/C15H18N4O.2ClH/c20-15(18-9-12-5-4-8-17-12)14-10-16-11-19(14)13-6-2-1-3-7-13;;/h1-3,6-7,10-12,17H,4-5,8-9H2,(H,18,20);2*1H. The number of aromatic nitrogens is 2. The molecule has 120 valence electrons. The molecular weight excluding hydrogens is 323 g/mol. The van der Waals surface area contributed by atoms with Crippen LogP contribution in [0, 0.1) is 0 Å². The van der Waals surface area contributed by atoms with E-state index in [-0.39, 0.29) is 30.7 Å². The van der Waals surface area contributed by atoms with E-state index in [1.807, 2.05) is 30.3 Å². The van der Waals surface area contributed by atoms with E-state index < -0.39 is 0 Å². The van der Waals surface area contributed by atoms with E-state index in [1.54, 1.807) is 17.1 Å². The van der Waals surface area contributed by atoms with Gasteiger partial charge >= 0.3 is 0 Å². The number of hydrogen-bond acceptors (Lipinski definition) is 3. The molecule has 1 aliphatic heterocycles. The van der Waals surface area contributed by atoms with Crippen molar-refractivity contribution in [3.8, 4) is 5.69 Å². The number of carbonyl (C=O) groups excluding carboxylic acids is 1. The molecular formula is C15H20Cl2N4O. The third-order valence-electron chi connectivity index (χ3n) is 3.58. The second-order valence-corrected chi connectivity index (χ2v) is 4.99. The van der Waals surface area contributed by atoms with Gasteiger partial charge in [-0.3, -0.25) is 9.36 Å². The van der Waals surface area contributed by atoms with Gasteiger partial charge in [0.25, 0.3) is 5.91 Å². The SMILES string of the molecule is Cl.Cl.O=C(NCC1CCCN1)c1cncn1-c1ccccc1. The molecule has 2 aromatic rings. The van der Waals surface area contributed by atoms with Crippen molar-refractivity contribution in [2.45, 2.75) is 18.9 Å². The summed E-state index contributed by atoms with van der Waals surface area (Å²) in [7, 11) is 0. The van der Waals surface area contributed by atoms with Gasteiger partial charge in [-0.2, -0.15) is 0 Å². The Balaban J connectivity index is 0.00000121. The van der Waals surface area contributed by atoms with Gasteiger partial charge in [0.15, 0.2) is 0 Å². The van der Waals surface area contributed by atoms with Gasteiger partial charge in [0.1, 0.15) is 5.69 Å². The van der Waals surface area contributed by atoms with E-state index in [9.17, 15) is 4.79 Å². The molecule has 1 aromatic carbocycles. The fraction of sp³-hybridized carbons (Fsp3) is 0.333. The van der Waals surface area contributed by atoms with Crippen LogP contribution >= 0.6 is 24.8 Å². The smallest absolute Gasteiger partial charge is 0.269 e. The summed E-state index contributed by atoms with van der Waals surface area (Å²) in [5.74, 6) is -0.0833. The van der Waals surface area contributed by atoms with Crippen LogP contribution in [-0.2, 0) is 0 Å². The average molecular weight is 343 g/mol. The van der Waals surface area contributed by atoms with Crippen LogP contribution in [0.1, 0.15) is 23.3 Å². The minimum absolute atomic E-state index is 0. The van der Waals surface area contributed by atoms with Gasteiger partial charge in [-0.15, -0.1) is 24.8 Å². The van der Waals surface area contributed by atoms with Crippen LogP contribution in [0.2, 0.25) is 0 Å². The molecule has 22 heavy (non-hydrogen) atoms. The fourth-order valence-electron chi connectivity index (χ4n) is 2.49. The molecule has 0 saturated carbocycles. The van der Waals surface area contributed by atoms with Gasteiger partial charge in [0, 0.05) is 18.3 Å². The molecule has 1 amide bonds. The molecule has 1 aliphatic rings. The molecule has 2 heterocycles. The first-order valence-electron chi connectivity index (χ1n) is 6.94. The number of nitrogens with zero attached hydrogens (tertiary/aromatic N) is 2. The Morgan fingerprint density at radius 1 is 1.32 bits per heavy atom. The van der Waals surface area contributed by atoms with Crippen molar-refractivity contribution in [1.29, 1.82) is 0 Å². The number of hydrogen-bond donors (Lipinski definition) is 2. The minimum atomic E-state index is -0.0833. The first kappa shape index (κ1) is 18.5. The maximum absolute atomic E-state index is 12.3. The van der Waals surface area contributed by atoms with Crippen LogP contribution in [0.25, 0.3) is 5.69 Å². The third-order valence-corrected chi connectivity index (χ3v) is 3.58. The lowest BCUT2D eigenvalue weighted by Gasteiger charge is -2.12. The zero-order chi connectivity index (χ0) is 13.8. The number of para-hydroxylation sites is 1. The Morgan fingerprint density at radius 3 is 2.77 bits per heavy atom. The van der Waals surface area contributed by atoms with Gasteiger partial charge in [0.05, 0.1) is 12.5 Å². The summed E-state index contributed by atoms with van der Waals surface area (Å²) in [5, 5.41) is 6.34. The molecule has 0 radical (unpaired) electrons. The molecule has 1 fully saturated rings. The molecule has 5 nitrogen and oxygen atoms in total. The van der Waals surface area contributed by atoms with Crippen LogP contribution in [0.5, 0.6) is 0 Å². The van der Waals surface area contributed by atoms with Crippen molar-refractivity contribution in [2.75, 3.05) is 13.1 Å². The number of halogens is 2. The highest BCUT2D eigenvalue weighted by Gasteiger charge is 2.17. The highest BCUT2D eigenvalue weighted by atomic mass is 35.5. The van der Waals surface area contributed by atoms with E-state index in [0.29, 0.717) is 18.3 Å². The van der Waals surface area contributed by atoms with Crippen LogP contribution < -0.4 is 10.6 Å². The number of benzene rings is 1. The van der Waals surface area contributed by atoms with Crippen LogP contribution in [0.15, 0.2) is 42.9 Å². The number of amides is 1. The summed E-state index contributed by atoms with van der Waals surface area (Å²) >= 11 is 0. The summed E-state index contributed by atoms with van der Waals surface area (Å²) in [5.41, 5.74) is 1.50. The summed E-state index contributed by atoms with van der Waals surface area (Å²) < 4.78 is 1.80. The number of carbonyl (C=O) groups is 1. The Labute approximate surface area is 142 Å². The largest absolute Gasteiger partial charge is 0.349 e. The lowest BCUT2D eigenvalue weighted by atomic mass is 10.2. The lowest BCUT2D eigenvalue weighted by Crippen LogP contribution is -2.37. The van der Waals surface area contributed by atoms with Crippen molar-refractivity contribution in [3.63, 3.8) is 0 Å². The average Bonchev–Trinajstić information content (AvgIpc) is 3.17. The zero-order valence-electron chi connectivity index (χ0n) is 12.1. The Morgan fingerprint density at radius 2 is 2.09 bits per heavy atom. The summed E-state index contributed by atoms with van der Waals surface area (Å²) in [6, 6.07) is 10.1. The number of nitrogens with one attached hydrogen (secondary N) is 2. The second-order valence-electron chi connectivity index (χ2n) is 4.99. The first-order valence-corrected chi connectivity index (χ1v) is 6.94. The van der Waals surface area contributed by atoms with Crippen LogP contribution in [-0.4, -0.2) is 34.6 Å². The fourth-order valence-corrected chi connectivity index (χ4v) is 2.49. The van der Waals surface area contributed by atoms with Crippen LogP contribution in [0.3, 0.4) is 0 Å². The quantitative estimate of drug-likeness (QED) is 0.895. The summed E-state index contributed by atoms with van der Waals surface area (Å²) in [6.07, 6.45) is 5.57. The molecule has 1 aromatic heterocycles. The summed E-state index contributed by atoms with van der Waals surface area (Å²) in [6.45, 7) is 1.71. The van der Waals surface area contributed by atoms with Gasteiger partial charge in [-0.05, 0) is 31.5 Å². The van der Waals surface area contributed by atoms with Gasteiger partial charge in [-0.25, -0.2) is 4.98 Å². The summed E-state index contributed by atoms with van der Waals surface area (Å²) in [4.78, 5) is 16.3. The maximum Gasteiger partial charge on any atom is 0.269 e. The maximum atomic E-state index is 12.3. The van der Waals surface area contributed by atoms with E-state index >= 15 is 0 Å². The molecule has 0 spiro atoms. The van der Waals surface area contributed by atoms with E-state index in [4.69, 9.17) is 0 Å². The normalized spacial score (nSPS) is 16.5. The van der Waals surface area contributed by atoms with E-state index in [1.165, 1.54) is 6.42 Å². The zero-order valence-corrected chi connectivity index (χ0v) is 13.7. The van der Waals surface area contributed by atoms with E-state index in [2.05, 4.69) is 15.6 Å². The van der Waals surface area contributed by atoms with Crippen molar-refractivity contribution < 1.29 is 4.79 Å². The van der Waals surface area contributed by atoms with Crippen molar-refractivity contribution in [1.82, 2.24) is 20.2 Å². The van der Waals surface area contributed by atoms with E-state index in [0.717, 1.165) is 18.7 Å². The lowest BCUT2D eigenvalue weighted by molar-refractivity contribution is 0.0943. The van der Waals surface area contributed by atoms with Crippen molar-refractivity contribution >= 4 is 30.7 Å². The Kier molecular flexibility index (Phi) is 7.38. The van der Waals surface area contributed by atoms with Crippen LogP contribution in [0.4, 0.5) is 0 Å². The molecule has 3 rings (SSSR count). The topological polar surface area (TPSA) is 59.0 Å². The molecule has 1 atom stereocenters. The molecule has 7 heteroatoms. The predicted molar refractivity (Wildman–Crippen MR) is 91.4 cm³/mol. The molecule has 1 unspecified atom stereocenters.